The molecule has 0 radical (unpaired) electrons. The molecule has 0 saturated heterocycles. The fraction of sp³-hybridized carbons (Fsp3) is 0.154. The first-order valence-corrected chi connectivity index (χ1v) is 9.88. The van der Waals surface area contributed by atoms with Crippen LogP contribution in [0.25, 0.3) is 0 Å². The molecule has 6 heteroatoms. The lowest BCUT2D eigenvalue weighted by atomic mass is 9.65. The van der Waals surface area contributed by atoms with Crippen molar-refractivity contribution in [2.75, 3.05) is 6.61 Å². The summed E-state index contributed by atoms with van der Waals surface area (Å²) in [6.45, 7) is 0.0271. The molecule has 3 aromatic rings. The Labute approximate surface area is 183 Å². The van der Waals surface area contributed by atoms with Gasteiger partial charge < -0.3 is 4.74 Å². The number of aliphatic imine (C=N–C) groups is 1. The molecule has 1 aliphatic heterocycles. The number of alkyl halides is 3. The van der Waals surface area contributed by atoms with Crippen LogP contribution in [-0.2, 0) is 11.6 Å². The largest absolute Gasteiger partial charge is 0.481 e. The molecule has 3 aromatic carbocycles. The molecule has 0 aliphatic carbocycles. The van der Waals surface area contributed by atoms with Crippen LogP contribution in [0.3, 0.4) is 0 Å². The van der Waals surface area contributed by atoms with E-state index in [2.05, 4.69) is 10.9 Å². The molecular formula is C26H18F3NO2. The van der Waals surface area contributed by atoms with E-state index < -0.39 is 17.2 Å². The van der Waals surface area contributed by atoms with Gasteiger partial charge in [-0.15, -0.1) is 6.42 Å². The Morgan fingerprint density at radius 2 is 1.81 bits per heavy atom. The number of para-hydroxylation sites is 1. The number of terminal acetylenes is 1. The van der Waals surface area contributed by atoms with Crippen molar-refractivity contribution in [3.05, 3.63) is 95.1 Å². The van der Waals surface area contributed by atoms with Crippen LogP contribution >= 0.6 is 0 Å². The number of hydrogen-bond acceptors (Lipinski definition) is 3. The Morgan fingerprint density at radius 3 is 2.53 bits per heavy atom. The van der Waals surface area contributed by atoms with Crippen molar-refractivity contribution >= 4 is 17.7 Å². The standard InChI is InChI=1S/C26H18F3NO2/c1-2-16-32-20-11-6-10-19(17-20)25(24(31)18-8-4-3-5-9-18)14-15-30-23-21(25)12-7-13-22(23)26(27,28)29/h1,3-13,15,17H,14,16H2. The van der Waals surface area contributed by atoms with Crippen LogP contribution < -0.4 is 4.74 Å². The molecule has 1 heterocycles. The third kappa shape index (κ3) is 3.67. The molecule has 0 fully saturated rings. The number of ether oxygens (including phenoxy) is 1. The second kappa shape index (κ2) is 8.35. The van der Waals surface area contributed by atoms with Gasteiger partial charge in [-0.25, -0.2) is 0 Å². The normalized spacial score (nSPS) is 17.3. The topological polar surface area (TPSA) is 38.7 Å². The summed E-state index contributed by atoms with van der Waals surface area (Å²) in [5.74, 6) is 2.48. The molecule has 0 bridgehead atoms. The summed E-state index contributed by atoms with van der Waals surface area (Å²) in [6, 6.07) is 19.1. The monoisotopic (exact) mass is 433 g/mol. The second-order valence-electron chi connectivity index (χ2n) is 7.34. The molecule has 160 valence electrons. The lowest BCUT2D eigenvalue weighted by Gasteiger charge is -2.36. The predicted molar refractivity (Wildman–Crippen MR) is 117 cm³/mol. The third-order valence-electron chi connectivity index (χ3n) is 5.49. The highest BCUT2D eigenvalue weighted by molar-refractivity contribution is 6.09. The Kier molecular flexibility index (Phi) is 5.58. The molecular weight excluding hydrogens is 415 g/mol. The minimum absolute atomic E-state index is 0.0271. The van der Waals surface area contributed by atoms with E-state index in [4.69, 9.17) is 11.2 Å². The molecule has 1 atom stereocenters. The number of carbonyl (C=O) groups is 1. The van der Waals surface area contributed by atoms with Gasteiger partial charge in [0.2, 0.25) is 0 Å². The van der Waals surface area contributed by atoms with Crippen LogP contribution in [0.1, 0.15) is 33.5 Å². The summed E-state index contributed by atoms with van der Waals surface area (Å²) in [4.78, 5) is 18.0. The average Bonchev–Trinajstić information content (AvgIpc) is 2.81. The highest BCUT2D eigenvalue weighted by Gasteiger charge is 2.47. The van der Waals surface area contributed by atoms with Crippen LogP contribution in [0.4, 0.5) is 18.9 Å². The van der Waals surface area contributed by atoms with E-state index in [1.54, 1.807) is 54.6 Å². The van der Waals surface area contributed by atoms with Gasteiger partial charge in [0.15, 0.2) is 5.78 Å². The van der Waals surface area contributed by atoms with Gasteiger partial charge in [-0.1, -0.05) is 60.5 Å². The Balaban J connectivity index is 1.99. The van der Waals surface area contributed by atoms with E-state index in [0.717, 1.165) is 6.07 Å². The third-order valence-corrected chi connectivity index (χ3v) is 5.49. The Morgan fingerprint density at radius 1 is 1.06 bits per heavy atom. The minimum atomic E-state index is -4.61. The zero-order valence-electron chi connectivity index (χ0n) is 16.9. The zero-order valence-corrected chi connectivity index (χ0v) is 16.9. The van der Waals surface area contributed by atoms with Crippen molar-refractivity contribution in [2.24, 2.45) is 4.99 Å². The summed E-state index contributed by atoms with van der Waals surface area (Å²) in [7, 11) is 0. The Bertz CT molecular complexity index is 1230. The predicted octanol–water partition coefficient (Wildman–Crippen LogP) is 5.99. The maximum absolute atomic E-state index is 14.0. The fourth-order valence-corrected chi connectivity index (χ4v) is 4.07. The average molecular weight is 433 g/mol. The van der Waals surface area contributed by atoms with Crippen molar-refractivity contribution in [1.29, 1.82) is 0 Å². The molecule has 1 aliphatic rings. The SMILES string of the molecule is C#CCOc1cccc(C2(C(=O)c3ccccc3)CC=Nc3c(C(F)(F)F)cccc32)c1. The quantitative estimate of drug-likeness (QED) is 0.366. The molecule has 3 nitrogen and oxygen atoms in total. The van der Waals surface area contributed by atoms with Crippen LogP contribution in [0, 0.1) is 12.3 Å². The van der Waals surface area contributed by atoms with Gasteiger partial charge in [0.1, 0.15) is 12.4 Å². The first-order valence-electron chi connectivity index (χ1n) is 9.88. The first-order chi connectivity index (χ1) is 15.4. The van der Waals surface area contributed by atoms with Crippen molar-refractivity contribution < 1.29 is 22.7 Å². The molecule has 0 saturated carbocycles. The lowest BCUT2D eigenvalue weighted by Crippen LogP contribution is -2.39. The van der Waals surface area contributed by atoms with Crippen LogP contribution in [0.2, 0.25) is 0 Å². The lowest BCUT2D eigenvalue weighted by molar-refractivity contribution is -0.137. The number of rotatable bonds is 5. The van der Waals surface area contributed by atoms with E-state index in [1.807, 2.05) is 0 Å². The number of ketones is 1. The van der Waals surface area contributed by atoms with Crippen LogP contribution in [0.15, 0.2) is 77.8 Å². The molecule has 0 amide bonds. The van der Waals surface area contributed by atoms with Crippen LogP contribution in [0.5, 0.6) is 5.75 Å². The van der Waals surface area contributed by atoms with Gasteiger partial charge in [-0.05, 0) is 29.3 Å². The minimum Gasteiger partial charge on any atom is -0.481 e. The van der Waals surface area contributed by atoms with Gasteiger partial charge in [-0.2, -0.15) is 13.2 Å². The van der Waals surface area contributed by atoms with E-state index in [9.17, 15) is 18.0 Å². The van der Waals surface area contributed by atoms with E-state index in [1.165, 1.54) is 18.3 Å². The molecule has 0 spiro atoms. The smallest absolute Gasteiger partial charge is 0.418 e. The number of nitrogens with zero attached hydrogens (tertiary/aromatic N) is 1. The van der Waals surface area contributed by atoms with Gasteiger partial charge in [-0.3, -0.25) is 9.79 Å². The number of hydrogen-bond donors (Lipinski definition) is 0. The highest BCUT2D eigenvalue weighted by Crippen LogP contribution is 2.49. The summed E-state index contributed by atoms with van der Waals surface area (Å²) in [5, 5.41) is 0. The highest BCUT2D eigenvalue weighted by atomic mass is 19.4. The van der Waals surface area contributed by atoms with E-state index >= 15 is 0 Å². The number of carbonyl (C=O) groups excluding carboxylic acids is 1. The summed E-state index contributed by atoms with van der Waals surface area (Å²) in [6.07, 6.45) is 2.15. The molecule has 1 unspecified atom stereocenters. The fourth-order valence-electron chi connectivity index (χ4n) is 4.07. The van der Waals surface area contributed by atoms with Gasteiger partial charge >= 0.3 is 6.18 Å². The summed E-state index contributed by atoms with van der Waals surface area (Å²) in [5.41, 5.74) is -1.43. The van der Waals surface area contributed by atoms with Crippen molar-refractivity contribution in [3.8, 4) is 18.1 Å². The van der Waals surface area contributed by atoms with Crippen LogP contribution in [-0.4, -0.2) is 18.6 Å². The number of benzene rings is 3. The summed E-state index contributed by atoms with van der Waals surface area (Å²) < 4.78 is 46.8. The Hall–Kier alpha value is -3.85. The zero-order chi connectivity index (χ0) is 22.8. The first kappa shape index (κ1) is 21.4. The maximum Gasteiger partial charge on any atom is 0.418 e. The van der Waals surface area contributed by atoms with Gasteiger partial charge in [0.05, 0.1) is 16.7 Å². The molecule has 0 N–H and O–H groups in total. The van der Waals surface area contributed by atoms with E-state index in [-0.39, 0.29) is 30.1 Å². The van der Waals surface area contributed by atoms with Gasteiger partial charge in [0, 0.05) is 18.2 Å². The molecule has 4 rings (SSSR count). The number of Topliss-reactive ketones (excluding diaryl/α,β-unsaturated/α-hetero) is 1. The second-order valence-corrected chi connectivity index (χ2v) is 7.34. The van der Waals surface area contributed by atoms with Crippen molar-refractivity contribution in [1.82, 2.24) is 0 Å². The maximum atomic E-state index is 14.0. The molecule has 32 heavy (non-hydrogen) atoms. The number of halogens is 3. The van der Waals surface area contributed by atoms with E-state index in [0.29, 0.717) is 16.9 Å². The van der Waals surface area contributed by atoms with Crippen molar-refractivity contribution in [3.63, 3.8) is 0 Å². The molecule has 0 aromatic heterocycles. The van der Waals surface area contributed by atoms with Gasteiger partial charge in [0.25, 0.3) is 0 Å². The summed E-state index contributed by atoms with van der Waals surface area (Å²) >= 11 is 0. The van der Waals surface area contributed by atoms with Crippen molar-refractivity contribution in [2.45, 2.75) is 18.0 Å². The number of fused-ring (bicyclic) bond motifs is 1.